The minimum atomic E-state index is 0. The van der Waals surface area contributed by atoms with Crippen LogP contribution in [0.3, 0.4) is 0 Å². The van der Waals surface area contributed by atoms with E-state index in [1.54, 1.807) is 7.11 Å². The molecule has 26 heavy (non-hydrogen) atoms. The van der Waals surface area contributed by atoms with Crippen molar-refractivity contribution in [2.75, 3.05) is 38.6 Å². The third-order valence-corrected chi connectivity index (χ3v) is 4.88. The largest absolute Gasteiger partial charge is 0.497 e. The van der Waals surface area contributed by atoms with Crippen LogP contribution in [0.5, 0.6) is 5.75 Å². The molecule has 1 heterocycles. The molecule has 0 unspecified atom stereocenters. The molecular formula is C21H34ClN3O. The zero-order valence-corrected chi connectivity index (χ0v) is 17.5. The first-order chi connectivity index (χ1) is 12.2. The summed E-state index contributed by atoms with van der Waals surface area (Å²) in [5.74, 6) is 0.880. The number of hydrogen-bond donors (Lipinski definition) is 1. The molecule has 0 spiro atoms. The number of aromatic nitrogens is 1. The van der Waals surface area contributed by atoms with Crippen LogP contribution in [0.15, 0.2) is 24.4 Å². The van der Waals surface area contributed by atoms with Gasteiger partial charge in [-0.2, -0.15) is 0 Å². The summed E-state index contributed by atoms with van der Waals surface area (Å²) in [4.78, 5) is 7.06. The molecule has 0 aliphatic heterocycles. The number of ether oxygens (including phenoxy) is 1. The Hall–Kier alpha value is -1.52. The second-order valence-electron chi connectivity index (χ2n) is 6.57. The number of nitrogens with zero attached hydrogens (tertiary/aromatic N) is 2. The summed E-state index contributed by atoms with van der Waals surface area (Å²) in [5.41, 5.74) is 3.33. The first-order valence-corrected chi connectivity index (χ1v) is 9.59. The lowest BCUT2D eigenvalue weighted by atomic mass is 10.1. The Labute approximate surface area is 164 Å². The number of unbranched alkanes of at least 4 members (excludes halogenated alkanes) is 3. The van der Waals surface area contributed by atoms with Crippen LogP contribution in [0.25, 0.3) is 10.9 Å². The van der Waals surface area contributed by atoms with Gasteiger partial charge in [0.05, 0.1) is 18.3 Å². The minimum Gasteiger partial charge on any atom is -0.497 e. The molecule has 1 aromatic carbocycles. The molecule has 0 aliphatic carbocycles. The molecule has 2 aromatic rings. The fourth-order valence-electron chi connectivity index (χ4n) is 3.19. The summed E-state index contributed by atoms with van der Waals surface area (Å²) < 4.78 is 5.45. The van der Waals surface area contributed by atoms with Crippen molar-refractivity contribution in [2.24, 2.45) is 0 Å². The van der Waals surface area contributed by atoms with Gasteiger partial charge >= 0.3 is 0 Å². The van der Waals surface area contributed by atoms with Crippen molar-refractivity contribution in [3.8, 4) is 5.75 Å². The number of halogens is 1. The summed E-state index contributed by atoms with van der Waals surface area (Å²) in [7, 11) is 1.71. The van der Waals surface area contributed by atoms with Crippen molar-refractivity contribution in [3.63, 3.8) is 0 Å². The average molecular weight is 380 g/mol. The smallest absolute Gasteiger partial charge is 0.121 e. The van der Waals surface area contributed by atoms with E-state index in [9.17, 15) is 0 Å². The quantitative estimate of drug-likeness (QED) is 0.538. The highest BCUT2D eigenvalue weighted by molar-refractivity contribution is 5.93. The second-order valence-corrected chi connectivity index (χ2v) is 6.57. The molecule has 1 N–H and O–H groups in total. The number of rotatable bonds is 11. The van der Waals surface area contributed by atoms with E-state index in [0.29, 0.717) is 0 Å². The average Bonchev–Trinajstić information content (AvgIpc) is 2.64. The number of methoxy groups -OCH3 is 1. The number of anilines is 1. The molecule has 0 radical (unpaired) electrons. The number of hydrogen-bond acceptors (Lipinski definition) is 4. The van der Waals surface area contributed by atoms with Gasteiger partial charge in [0.25, 0.3) is 0 Å². The van der Waals surface area contributed by atoms with Gasteiger partial charge in [0.2, 0.25) is 0 Å². The maximum atomic E-state index is 5.45. The third kappa shape index (κ3) is 6.33. The molecule has 1 aromatic heterocycles. The van der Waals surface area contributed by atoms with Gasteiger partial charge in [0, 0.05) is 24.2 Å². The number of benzene rings is 1. The van der Waals surface area contributed by atoms with Gasteiger partial charge in [0.15, 0.2) is 0 Å². The first-order valence-electron chi connectivity index (χ1n) is 9.59. The highest BCUT2D eigenvalue weighted by Crippen LogP contribution is 2.29. The summed E-state index contributed by atoms with van der Waals surface area (Å²) in [6.07, 6.45) is 6.92. The highest BCUT2D eigenvalue weighted by Gasteiger charge is 2.07. The van der Waals surface area contributed by atoms with Crippen molar-refractivity contribution >= 4 is 29.0 Å². The molecule has 4 nitrogen and oxygen atoms in total. The fourth-order valence-corrected chi connectivity index (χ4v) is 3.19. The van der Waals surface area contributed by atoms with Crippen LogP contribution in [-0.2, 0) is 0 Å². The summed E-state index contributed by atoms with van der Waals surface area (Å²) in [6, 6.07) is 6.16. The molecular weight excluding hydrogens is 346 g/mol. The van der Waals surface area contributed by atoms with Gasteiger partial charge in [0.1, 0.15) is 5.75 Å². The maximum absolute atomic E-state index is 5.45. The van der Waals surface area contributed by atoms with Crippen LogP contribution in [0, 0.1) is 6.92 Å². The molecule has 0 saturated carbocycles. The van der Waals surface area contributed by atoms with Crippen LogP contribution in [0.1, 0.15) is 45.1 Å². The lowest BCUT2D eigenvalue weighted by molar-refractivity contribution is 0.295. The van der Waals surface area contributed by atoms with Crippen LogP contribution in [0.4, 0.5) is 5.69 Å². The molecule has 0 fully saturated rings. The second kappa shape index (κ2) is 12.0. The van der Waals surface area contributed by atoms with Crippen LogP contribution in [0.2, 0.25) is 0 Å². The Bertz CT molecular complexity index is 659. The lowest BCUT2D eigenvalue weighted by Gasteiger charge is -2.17. The van der Waals surface area contributed by atoms with Crippen LogP contribution in [-0.4, -0.2) is 43.2 Å². The molecule has 0 amide bonds. The fraction of sp³-hybridized carbons (Fsp3) is 0.571. The van der Waals surface area contributed by atoms with E-state index in [1.807, 2.05) is 12.3 Å². The van der Waals surface area contributed by atoms with Gasteiger partial charge in [-0.3, -0.25) is 4.98 Å². The molecule has 0 aliphatic rings. The van der Waals surface area contributed by atoms with Gasteiger partial charge in [-0.05, 0) is 57.1 Å². The number of pyridine rings is 1. The normalized spacial score (nSPS) is 10.8. The third-order valence-electron chi connectivity index (χ3n) is 4.88. The van der Waals surface area contributed by atoms with Crippen LogP contribution < -0.4 is 10.1 Å². The molecule has 5 heteroatoms. The van der Waals surface area contributed by atoms with E-state index < -0.39 is 0 Å². The van der Waals surface area contributed by atoms with Crippen molar-refractivity contribution in [3.05, 3.63) is 30.0 Å². The van der Waals surface area contributed by atoms with E-state index in [-0.39, 0.29) is 12.4 Å². The van der Waals surface area contributed by atoms with Crippen molar-refractivity contribution in [1.82, 2.24) is 9.88 Å². The van der Waals surface area contributed by atoms with Gasteiger partial charge in [-0.15, -0.1) is 12.4 Å². The molecule has 0 atom stereocenters. The van der Waals surface area contributed by atoms with E-state index in [4.69, 9.17) is 4.74 Å². The summed E-state index contributed by atoms with van der Waals surface area (Å²) in [6.45, 7) is 11.1. The lowest BCUT2D eigenvalue weighted by Crippen LogP contribution is -2.23. The van der Waals surface area contributed by atoms with E-state index in [0.717, 1.165) is 42.0 Å². The predicted molar refractivity (Wildman–Crippen MR) is 115 cm³/mol. The van der Waals surface area contributed by atoms with Crippen molar-refractivity contribution in [2.45, 2.75) is 46.5 Å². The highest BCUT2D eigenvalue weighted by atomic mass is 35.5. The zero-order valence-electron chi connectivity index (χ0n) is 16.7. The van der Waals surface area contributed by atoms with E-state index >= 15 is 0 Å². The Morgan fingerprint density at radius 2 is 1.81 bits per heavy atom. The summed E-state index contributed by atoms with van der Waals surface area (Å²) >= 11 is 0. The molecule has 146 valence electrons. The molecule has 2 rings (SSSR count). The number of fused-ring (bicyclic) bond motifs is 1. The van der Waals surface area contributed by atoms with Crippen molar-refractivity contribution in [1.29, 1.82) is 0 Å². The van der Waals surface area contributed by atoms with Crippen molar-refractivity contribution < 1.29 is 4.74 Å². The maximum Gasteiger partial charge on any atom is 0.121 e. The topological polar surface area (TPSA) is 37.4 Å². The standard InChI is InChI=1S/C21H33N3O.ClH/c1-5-24(6-2)14-10-8-7-9-12-22-20-16-18(25-4)15-19-17(3)11-13-23-21(19)20;/h11,13,15-16,22H,5-10,12,14H2,1-4H3;1H. The number of aryl methyl sites for hydroxylation is 1. The predicted octanol–water partition coefficient (Wildman–Crippen LogP) is 5.29. The molecule has 0 bridgehead atoms. The Kier molecular flexibility index (Phi) is 10.4. The minimum absolute atomic E-state index is 0. The zero-order chi connectivity index (χ0) is 18.1. The van der Waals surface area contributed by atoms with E-state index in [1.165, 1.54) is 37.8 Å². The summed E-state index contributed by atoms with van der Waals surface area (Å²) in [5, 5.41) is 4.71. The van der Waals surface area contributed by atoms with Gasteiger partial charge < -0.3 is 15.0 Å². The van der Waals surface area contributed by atoms with Gasteiger partial charge in [-0.25, -0.2) is 0 Å². The monoisotopic (exact) mass is 379 g/mol. The molecule has 0 saturated heterocycles. The van der Waals surface area contributed by atoms with Crippen LogP contribution >= 0.6 is 12.4 Å². The SMILES string of the molecule is CCN(CC)CCCCCCNc1cc(OC)cc2c(C)ccnc12.Cl. The Balaban J connectivity index is 0.00000338. The first kappa shape index (κ1) is 22.5. The van der Waals surface area contributed by atoms with Gasteiger partial charge in [-0.1, -0.05) is 26.7 Å². The Morgan fingerprint density at radius 3 is 2.50 bits per heavy atom. The Morgan fingerprint density at radius 1 is 1.08 bits per heavy atom. The number of nitrogens with one attached hydrogen (secondary N) is 1. The van der Waals surface area contributed by atoms with E-state index in [2.05, 4.69) is 48.1 Å².